The molecule has 0 aliphatic carbocycles. The summed E-state index contributed by atoms with van der Waals surface area (Å²) >= 11 is 0. The molecule has 17 heavy (non-hydrogen) atoms. The molecule has 0 spiro atoms. The van der Waals surface area contributed by atoms with Crippen LogP contribution in [-0.4, -0.2) is 38.5 Å². The Morgan fingerprint density at radius 1 is 1.53 bits per heavy atom. The fraction of sp³-hybridized carbons (Fsp3) is 0.333. The van der Waals surface area contributed by atoms with Gasteiger partial charge < -0.3 is 15.4 Å². The van der Waals surface area contributed by atoms with Crippen LogP contribution in [0.1, 0.15) is 10.4 Å². The number of amidine groups is 1. The molecule has 90 valence electrons. The van der Waals surface area contributed by atoms with Gasteiger partial charge in [-0.05, 0) is 12.1 Å². The van der Waals surface area contributed by atoms with Crippen LogP contribution in [0.4, 0.5) is 5.69 Å². The van der Waals surface area contributed by atoms with E-state index >= 15 is 0 Å². The van der Waals surface area contributed by atoms with E-state index in [1.165, 1.54) is 7.11 Å². The van der Waals surface area contributed by atoms with Crippen molar-refractivity contribution in [1.82, 2.24) is 5.32 Å². The predicted molar refractivity (Wildman–Crippen MR) is 66.6 cm³/mol. The van der Waals surface area contributed by atoms with Crippen molar-refractivity contribution in [3.8, 4) is 0 Å². The Bertz CT molecular complexity index is 443. The van der Waals surface area contributed by atoms with Gasteiger partial charge in [0.1, 0.15) is 5.84 Å². The van der Waals surface area contributed by atoms with Crippen LogP contribution in [-0.2, 0) is 4.74 Å². The molecule has 2 N–H and O–H groups in total. The number of nitrogens with one attached hydrogen (secondary N) is 2. The molecule has 5 heteroatoms. The fourth-order valence-electron chi connectivity index (χ4n) is 1.67. The third-order valence-corrected chi connectivity index (χ3v) is 2.52. The summed E-state index contributed by atoms with van der Waals surface area (Å²) in [5, 5.41) is 6.34. The maximum Gasteiger partial charge on any atom is 0.339 e. The molecule has 1 aromatic rings. The zero-order valence-corrected chi connectivity index (χ0v) is 9.69. The Morgan fingerprint density at radius 2 is 2.35 bits per heavy atom. The van der Waals surface area contributed by atoms with Crippen LogP contribution >= 0.6 is 0 Å². The van der Waals surface area contributed by atoms with Gasteiger partial charge in [-0.2, -0.15) is 0 Å². The summed E-state index contributed by atoms with van der Waals surface area (Å²) in [7, 11) is 1.38. The number of rotatable bonds is 4. The number of carbonyl (C=O) groups excluding carboxylic acids is 1. The van der Waals surface area contributed by atoms with Gasteiger partial charge in [0.15, 0.2) is 0 Å². The Labute approximate surface area is 99.9 Å². The lowest BCUT2D eigenvalue weighted by molar-refractivity contribution is 0.0602. The molecule has 0 unspecified atom stereocenters. The normalized spacial score (nSPS) is 13.8. The molecule has 0 aromatic heterocycles. The van der Waals surface area contributed by atoms with E-state index in [2.05, 4.69) is 15.6 Å². The lowest BCUT2D eigenvalue weighted by Crippen LogP contribution is -2.26. The Morgan fingerprint density at radius 3 is 3.06 bits per heavy atom. The summed E-state index contributed by atoms with van der Waals surface area (Å²) in [5.41, 5.74) is 1.30. The van der Waals surface area contributed by atoms with Crippen molar-refractivity contribution in [3.05, 3.63) is 29.8 Å². The number of aliphatic imine (C=N–C) groups is 1. The molecule has 0 atom stereocenters. The highest BCUT2D eigenvalue weighted by Crippen LogP contribution is 2.15. The minimum Gasteiger partial charge on any atom is -0.465 e. The van der Waals surface area contributed by atoms with Crippen LogP contribution < -0.4 is 10.6 Å². The van der Waals surface area contributed by atoms with E-state index in [0.717, 1.165) is 24.6 Å². The predicted octanol–water partition coefficient (Wildman–Crippen LogP) is 0.887. The summed E-state index contributed by atoms with van der Waals surface area (Å²) in [6.45, 7) is 2.29. The van der Waals surface area contributed by atoms with Crippen LogP contribution in [0.5, 0.6) is 0 Å². The van der Waals surface area contributed by atoms with Gasteiger partial charge in [-0.1, -0.05) is 12.1 Å². The molecule has 1 aromatic carbocycles. The van der Waals surface area contributed by atoms with Gasteiger partial charge in [-0.3, -0.25) is 4.99 Å². The molecule has 0 saturated carbocycles. The van der Waals surface area contributed by atoms with Gasteiger partial charge in [-0.15, -0.1) is 0 Å². The molecule has 5 nitrogen and oxygen atoms in total. The van der Waals surface area contributed by atoms with Crippen LogP contribution in [0.3, 0.4) is 0 Å². The van der Waals surface area contributed by atoms with Gasteiger partial charge in [0, 0.05) is 12.2 Å². The summed E-state index contributed by atoms with van der Waals surface area (Å²) < 4.78 is 4.72. The molecule has 0 bridgehead atoms. The fourth-order valence-corrected chi connectivity index (χ4v) is 1.67. The minimum atomic E-state index is -0.339. The number of hydrogen-bond donors (Lipinski definition) is 2. The van der Waals surface area contributed by atoms with Crippen molar-refractivity contribution in [2.24, 2.45) is 4.99 Å². The second-order valence-electron chi connectivity index (χ2n) is 3.65. The molecule has 0 fully saturated rings. The number of esters is 1. The van der Waals surface area contributed by atoms with Crippen molar-refractivity contribution >= 4 is 17.5 Å². The molecular weight excluding hydrogens is 218 g/mol. The number of benzene rings is 1. The van der Waals surface area contributed by atoms with Gasteiger partial charge in [-0.25, -0.2) is 4.79 Å². The third-order valence-electron chi connectivity index (χ3n) is 2.52. The molecule has 1 aliphatic heterocycles. The van der Waals surface area contributed by atoms with Gasteiger partial charge >= 0.3 is 5.97 Å². The highest BCUT2D eigenvalue weighted by atomic mass is 16.5. The molecule has 0 radical (unpaired) electrons. The molecule has 1 aliphatic rings. The zero-order valence-electron chi connectivity index (χ0n) is 9.69. The van der Waals surface area contributed by atoms with E-state index in [1.807, 2.05) is 18.2 Å². The van der Waals surface area contributed by atoms with Crippen LogP contribution in [0.25, 0.3) is 0 Å². The Balaban J connectivity index is 2.06. The first-order valence-corrected chi connectivity index (χ1v) is 5.49. The maximum atomic E-state index is 11.5. The highest BCUT2D eigenvalue weighted by molar-refractivity contribution is 5.96. The van der Waals surface area contributed by atoms with Crippen LogP contribution in [0, 0.1) is 0 Å². The molecule has 0 amide bonds. The van der Waals surface area contributed by atoms with Crippen LogP contribution in [0.2, 0.25) is 0 Å². The molecular formula is C12H15N3O2. The van der Waals surface area contributed by atoms with Crippen molar-refractivity contribution in [2.45, 2.75) is 0 Å². The zero-order chi connectivity index (χ0) is 12.1. The number of ether oxygens (including phenoxy) is 1. The summed E-state index contributed by atoms with van der Waals surface area (Å²) in [5.74, 6) is 0.582. The van der Waals surface area contributed by atoms with E-state index in [1.54, 1.807) is 6.07 Å². The summed E-state index contributed by atoms with van der Waals surface area (Å²) in [4.78, 5) is 15.8. The largest absolute Gasteiger partial charge is 0.465 e. The third kappa shape index (κ3) is 2.75. The van der Waals surface area contributed by atoms with Gasteiger partial charge in [0.2, 0.25) is 0 Å². The standard InChI is InChI=1S/C12H15N3O2/c1-17-12(16)9-4-2-3-5-10(9)15-8-11-13-6-7-14-11/h2-5,15H,6-8H2,1H3,(H,13,14). The number of anilines is 1. The lowest BCUT2D eigenvalue weighted by Gasteiger charge is -2.10. The van der Waals surface area contributed by atoms with Crippen molar-refractivity contribution < 1.29 is 9.53 Å². The highest BCUT2D eigenvalue weighted by Gasteiger charge is 2.11. The summed E-state index contributed by atoms with van der Waals surface area (Å²) in [6, 6.07) is 7.27. The van der Waals surface area contributed by atoms with E-state index < -0.39 is 0 Å². The van der Waals surface area contributed by atoms with Crippen molar-refractivity contribution in [1.29, 1.82) is 0 Å². The van der Waals surface area contributed by atoms with E-state index in [0.29, 0.717) is 12.1 Å². The van der Waals surface area contributed by atoms with E-state index in [4.69, 9.17) is 4.74 Å². The first kappa shape index (κ1) is 11.4. The van der Waals surface area contributed by atoms with E-state index in [9.17, 15) is 4.79 Å². The minimum absolute atomic E-state index is 0.339. The number of methoxy groups -OCH3 is 1. The van der Waals surface area contributed by atoms with Gasteiger partial charge in [0.25, 0.3) is 0 Å². The lowest BCUT2D eigenvalue weighted by atomic mass is 10.2. The number of para-hydroxylation sites is 1. The van der Waals surface area contributed by atoms with Gasteiger partial charge in [0.05, 0.1) is 25.8 Å². The first-order valence-electron chi connectivity index (χ1n) is 5.49. The Hall–Kier alpha value is -2.04. The van der Waals surface area contributed by atoms with Crippen LogP contribution in [0.15, 0.2) is 29.3 Å². The Kier molecular flexibility index (Phi) is 3.59. The molecule has 1 heterocycles. The van der Waals surface area contributed by atoms with Crippen molar-refractivity contribution in [2.75, 3.05) is 32.1 Å². The summed E-state index contributed by atoms with van der Waals surface area (Å²) in [6.07, 6.45) is 0. The number of carbonyl (C=O) groups is 1. The second kappa shape index (κ2) is 5.34. The monoisotopic (exact) mass is 233 g/mol. The smallest absolute Gasteiger partial charge is 0.339 e. The topological polar surface area (TPSA) is 62.7 Å². The van der Waals surface area contributed by atoms with Crippen molar-refractivity contribution in [3.63, 3.8) is 0 Å². The molecule has 0 saturated heterocycles. The SMILES string of the molecule is COC(=O)c1ccccc1NCC1=NCCN1. The quantitative estimate of drug-likeness (QED) is 0.758. The first-order chi connectivity index (χ1) is 8.31. The number of hydrogen-bond acceptors (Lipinski definition) is 5. The average molecular weight is 233 g/mol. The number of nitrogens with zero attached hydrogens (tertiary/aromatic N) is 1. The van der Waals surface area contributed by atoms with E-state index in [-0.39, 0.29) is 5.97 Å². The maximum absolute atomic E-state index is 11.5. The molecule has 2 rings (SSSR count). The second-order valence-corrected chi connectivity index (χ2v) is 3.65. The average Bonchev–Trinajstić information content (AvgIpc) is 2.89.